The second kappa shape index (κ2) is 3.55. The third-order valence-electron chi connectivity index (χ3n) is 2.37. The number of allylic oxidation sites excluding steroid dienone is 1. The quantitative estimate of drug-likeness (QED) is 0.431. The largest absolute Gasteiger partial charge is 0.303 e. The van der Waals surface area contributed by atoms with E-state index >= 15 is 0 Å². The highest BCUT2D eigenvalue weighted by Gasteiger charge is 2.21. The van der Waals surface area contributed by atoms with Crippen LogP contribution in [-0.4, -0.2) is 6.29 Å². The highest BCUT2D eigenvalue weighted by atomic mass is 16.1. The standard InChI is InChI=1S/C9H14O/c1-2-8(7-10)9-5-3-4-6-9/h2,7-9H,1,3-6H2. The summed E-state index contributed by atoms with van der Waals surface area (Å²) >= 11 is 0. The second-order valence-electron chi connectivity index (χ2n) is 2.99. The number of rotatable bonds is 3. The smallest absolute Gasteiger partial charge is 0.127 e. The van der Waals surface area contributed by atoms with Gasteiger partial charge in [0.05, 0.1) is 0 Å². The van der Waals surface area contributed by atoms with Gasteiger partial charge in [0.1, 0.15) is 6.29 Å². The van der Waals surface area contributed by atoms with E-state index in [4.69, 9.17) is 0 Å². The van der Waals surface area contributed by atoms with E-state index in [0.717, 1.165) is 6.29 Å². The molecule has 0 heterocycles. The van der Waals surface area contributed by atoms with Crippen LogP contribution >= 0.6 is 0 Å². The van der Waals surface area contributed by atoms with Crippen LogP contribution in [-0.2, 0) is 4.79 Å². The Morgan fingerprint density at radius 1 is 1.40 bits per heavy atom. The number of hydrogen-bond donors (Lipinski definition) is 0. The van der Waals surface area contributed by atoms with Gasteiger partial charge in [-0.05, 0) is 18.8 Å². The lowest BCUT2D eigenvalue weighted by atomic mass is 9.92. The average Bonchev–Trinajstić information content (AvgIpc) is 2.43. The zero-order chi connectivity index (χ0) is 7.40. The van der Waals surface area contributed by atoms with E-state index in [9.17, 15) is 4.79 Å². The lowest BCUT2D eigenvalue weighted by Gasteiger charge is -2.11. The Morgan fingerprint density at radius 3 is 2.40 bits per heavy atom. The van der Waals surface area contributed by atoms with Crippen molar-refractivity contribution < 1.29 is 4.79 Å². The van der Waals surface area contributed by atoms with E-state index in [1.807, 2.05) is 0 Å². The molecule has 0 aromatic carbocycles. The Labute approximate surface area is 62.1 Å². The van der Waals surface area contributed by atoms with Crippen molar-refractivity contribution in [3.05, 3.63) is 12.7 Å². The van der Waals surface area contributed by atoms with Crippen molar-refractivity contribution in [3.8, 4) is 0 Å². The van der Waals surface area contributed by atoms with E-state index in [1.54, 1.807) is 6.08 Å². The minimum absolute atomic E-state index is 0.127. The Kier molecular flexibility index (Phi) is 2.67. The maximum absolute atomic E-state index is 10.5. The molecule has 1 atom stereocenters. The molecule has 1 heteroatoms. The summed E-state index contributed by atoms with van der Waals surface area (Å²) in [6, 6.07) is 0. The molecule has 56 valence electrons. The molecule has 0 spiro atoms. The van der Waals surface area contributed by atoms with Crippen molar-refractivity contribution in [1.29, 1.82) is 0 Å². The lowest BCUT2D eigenvalue weighted by Crippen LogP contribution is -2.09. The summed E-state index contributed by atoms with van der Waals surface area (Å²) in [5, 5.41) is 0. The molecule has 0 aromatic rings. The molecule has 0 aromatic heterocycles. The maximum Gasteiger partial charge on any atom is 0.127 e. The molecule has 1 nitrogen and oxygen atoms in total. The van der Waals surface area contributed by atoms with Crippen LogP contribution in [0.2, 0.25) is 0 Å². The van der Waals surface area contributed by atoms with Crippen LogP contribution in [0.3, 0.4) is 0 Å². The van der Waals surface area contributed by atoms with Crippen molar-refractivity contribution in [3.63, 3.8) is 0 Å². The van der Waals surface area contributed by atoms with Crippen LogP contribution in [0.5, 0.6) is 0 Å². The van der Waals surface area contributed by atoms with Gasteiger partial charge in [0, 0.05) is 5.92 Å². The van der Waals surface area contributed by atoms with Crippen LogP contribution in [0.25, 0.3) is 0 Å². The van der Waals surface area contributed by atoms with Gasteiger partial charge in [-0.25, -0.2) is 0 Å². The van der Waals surface area contributed by atoms with Gasteiger partial charge in [0.2, 0.25) is 0 Å². The zero-order valence-corrected chi connectivity index (χ0v) is 6.25. The Bertz CT molecular complexity index is 115. The summed E-state index contributed by atoms with van der Waals surface area (Å²) in [4.78, 5) is 10.5. The van der Waals surface area contributed by atoms with Gasteiger partial charge in [-0.3, -0.25) is 0 Å². The van der Waals surface area contributed by atoms with Gasteiger partial charge in [-0.15, -0.1) is 6.58 Å². The summed E-state index contributed by atoms with van der Waals surface area (Å²) in [7, 11) is 0. The van der Waals surface area contributed by atoms with Crippen molar-refractivity contribution in [2.24, 2.45) is 11.8 Å². The molecule has 1 saturated carbocycles. The van der Waals surface area contributed by atoms with Gasteiger partial charge in [0.15, 0.2) is 0 Å². The summed E-state index contributed by atoms with van der Waals surface area (Å²) in [5.41, 5.74) is 0. The van der Waals surface area contributed by atoms with E-state index in [0.29, 0.717) is 5.92 Å². The molecule has 0 N–H and O–H groups in total. The van der Waals surface area contributed by atoms with E-state index in [-0.39, 0.29) is 5.92 Å². The van der Waals surface area contributed by atoms with Crippen molar-refractivity contribution >= 4 is 6.29 Å². The monoisotopic (exact) mass is 138 g/mol. The first-order valence-corrected chi connectivity index (χ1v) is 3.96. The number of carbonyl (C=O) groups is 1. The summed E-state index contributed by atoms with van der Waals surface area (Å²) in [6.07, 6.45) is 7.84. The lowest BCUT2D eigenvalue weighted by molar-refractivity contribution is -0.111. The normalized spacial score (nSPS) is 22.4. The van der Waals surface area contributed by atoms with Crippen molar-refractivity contribution in [2.75, 3.05) is 0 Å². The number of hydrogen-bond acceptors (Lipinski definition) is 1. The van der Waals surface area contributed by atoms with Crippen LogP contribution in [0.15, 0.2) is 12.7 Å². The highest BCUT2D eigenvalue weighted by molar-refractivity contribution is 5.56. The Balaban J connectivity index is 2.43. The molecule has 1 aliphatic carbocycles. The summed E-state index contributed by atoms with van der Waals surface area (Å²) < 4.78 is 0. The molecule has 1 rings (SSSR count). The van der Waals surface area contributed by atoms with Gasteiger partial charge in [0.25, 0.3) is 0 Å². The van der Waals surface area contributed by atoms with Crippen LogP contribution in [0.4, 0.5) is 0 Å². The first-order chi connectivity index (χ1) is 4.88. The van der Waals surface area contributed by atoms with Crippen LogP contribution < -0.4 is 0 Å². The van der Waals surface area contributed by atoms with Crippen LogP contribution in [0, 0.1) is 11.8 Å². The molecule has 1 fully saturated rings. The summed E-state index contributed by atoms with van der Waals surface area (Å²) in [5.74, 6) is 0.734. The molecule has 10 heavy (non-hydrogen) atoms. The summed E-state index contributed by atoms with van der Waals surface area (Å²) in [6.45, 7) is 3.65. The average molecular weight is 138 g/mol. The fourth-order valence-electron chi connectivity index (χ4n) is 1.70. The molecule has 0 radical (unpaired) electrons. The fourth-order valence-corrected chi connectivity index (χ4v) is 1.70. The molecule has 1 unspecified atom stereocenters. The van der Waals surface area contributed by atoms with Gasteiger partial charge in [-0.2, -0.15) is 0 Å². The highest BCUT2D eigenvalue weighted by Crippen LogP contribution is 2.30. The minimum Gasteiger partial charge on any atom is -0.303 e. The molecule has 0 bridgehead atoms. The third kappa shape index (κ3) is 1.47. The van der Waals surface area contributed by atoms with Gasteiger partial charge < -0.3 is 4.79 Å². The van der Waals surface area contributed by atoms with E-state index < -0.39 is 0 Å². The third-order valence-corrected chi connectivity index (χ3v) is 2.37. The van der Waals surface area contributed by atoms with Crippen molar-refractivity contribution in [2.45, 2.75) is 25.7 Å². The Morgan fingerprint density at radius 2 is 2.00 bits per heavy atom. The molecular weight excluding hydrogens is 124 g/mol. The van der Waals surface area contributed by atoms with Gasteiger partial charge >= 0.3 is 0 Å². The fraction of sp³-hybridized carbons (Fsp3) is 0.667. The SMILES string of the molecule is C=CC(C=O)C1CCCC1. The van der Waals surface area contributed by atoms with E-state index in [2.05, 4.69) is 6.58 Å². The first-order valence-electron chi connectivity index (χ1n) is 3.96. The predicted molar refractivity (Wildman–Crippen MR) is 41.7 cm³/mol. The zero-order valence-electron chi connectivity index (χ0n) is 6.25. The van der Waals surface area contributed by atoms with Crippen LogP contribution in [0.1, 0.15) is 25.7 Å². The molecule has 1 aliphatic rings. The van der Waals surface area contributed by atoms with Gasteiger partial charge in [-0.1, -0.05) is 18.9 Å². The minimum atomic E-state index is 0.127. The topological polar surface area (TPSA) is 17.1 Å². The molecule has 0 saturated heterocycles. The maximum atomic E-state index is 10.5. The molecular formula is C9H14O. The van der Waals surface area contributed by atoms with Crippen molar-refractivity contribution in [1.82, 2.24) is 0 Å². The molecule has 0 amide bonds. The molecule has 0 aliphatic heterocycles. The number of carbonyl (C=O) groups excluding carboxylic acids is 1. The van der Waals surface area contributed by atoms with E-state index in [1.165, 1.54) is 25.7 Å². The predicted octanol–water partition coefficient (Wildman–Crippen LogP) is 2.18. The number of aldehydes is 1. The second-order valence-corrected chi connectivity index (χ2v) is 2.99. The Hall–Kier alpha value is -0.590. The first kappa shape index (κ1) is 7.52.